The average molecular weight is 553 g/mol. The van der Waals surface area contributed by atoms with E-state index >= 15 is 0 Å². The molecule has 2 heterocycles. The molecule has 0 bridgehead atoms. The molecule has 0 N–H and O–H groups in total. The van der Waals surface area contributed by atoms with Gasteiger partial charge in [-0.2, -0.15) is 8.42 Å². The van der Waals surface area contributed by atoms with E-state index in [9.17, 15) is 8.42 Å². The second-order valence-corrected chi connectivity index (χ2v) is 9.79. The van der Waals surface area contributed by atoms with Crippen LogP contribution in [0.25, 0.3) is 26.4 Å². The number of azide groups is 1. The van der Waals surface area contributed by atoms with Crippen molar-refractivity contribution in [2.24, 2.45) is 17.0 Å². The molecule has 0 saturated carbocycles. The van der Waals surface area contributed by atoms with Gasteiger partial charge in [-0.1, -0.05) is 49.5 Å². The van der Waals surface area contributed by atoms with Gasteiger partial charge in [0.2, 0.25) is 0 Å². The summed E-state index contributed by atoms with van der Waals surface area (Å²) in [6, 6.07) is 14.2. The fraction of sp³-hybridized carbons (Fsp3) is 0.440. The van der Waals surface area contributed by atoms with Gasteiger partial charge in [0.05, 0.1) is 24.0 Å². The standard InChI is InChI=1S/C16H20O4S.C9H13N3O.N3.Na/c1-3-14(11-15-5-4-10-19-15)12-20-21(17,18)16-8-6-13(2)7-9-16;1-2-8(7-11-12-10)6-9-4-3-5-13-9;1-3-2;/h4-10,14H,3,11-12H2,1-2H3;3-5,8H,2,6-7H2,1H3;;/q;;-1;+1/t14-;8-;;/m00../s1. The van der Waals surface area contributed by atoms with Crippen molar-refractivity contribution < 1.29 is 51.0 Å². The van der Waals surface area contributed by atoms with Crippen molar-refractivity contribution in [3.63, 3.8) is 0 Å². The van der Waals surface area contributed by atoms with Crippen LogP contribution in [-0.4, -0.2) is 21.6 Å². The van der Waals surface area contributed by atoms with Crippen LogP contribution in [0.4, 0.5) is 0 Å². The van der Waals surface area contributed by atoms with Crippen LogP contribution in [0.15, 0.2) is 79.9 Å². The molecule has 13 heteroatoms. The minimum absolute atomic E-state index is 0. The Morgan fingerprint density at radius 2 is 1.39 bits per heavy atom. The van der Waals surface area contributed by atoms with E-state index in [1.807, 2.05) is 38.1 Å². The summed E-state index contributed by atoms with van der Waals surface area (Å²) < 4.78 is 39.9. The molecule has 2 atom stereocenters. The number of benzene rings is 1. The molecule has 200 valence electrons. The number of aryl methyl sites for hydroxylation is 1. The van der Waals surface area contributed by atoms with E-state index in [4.69, 9.17) is 29.6 Å². The Morgan fingerprint density at radius 1 is 0.895 bits per heavy atom. The van der Waals surface area contributed by atoms with E-state index in [1.54, 1.807) is 36.8 Å². The fourth-order valence-electron chi connectivity index (χ4n) is 3.20. The molecule has 0 aliphatic rings. The molecule has 0 spiro atoms. The molecule has 2 aromatic heterocycles. The summed E-state index contributed by atoms with van der Waals surface area (Å²) in [4.78, 5) is 4.44. The fourth-order valence-corrected chi connectivity index (χ4v) is 4.17. The number of furan rings is 2. The van der Waals surface area contributed by atoms with Crippen LogP contribution in [0, 0.1) is 18.8 Å². The van der Waals surface area contributed by atoms with Crippen molar-refractivity contribution in [3.05, 3.63) is 105 Å². The molecule has 3 rings (SSSR count). The van der Waals surface area contributed by atoms with Gasteiger partial charge in [0, 0.05) is 24.3 Å². The average Bonchev–Trinajstić information content (AvgIpc) is 3.60. The van der Waals surface area contributed by atoms with Crippen molar-refractivity contribution in [2.75, 3.05) is 13.2 Å². The van der Waals surface area contributed by atoms with Gasteiger partial charge >= 0.3 is 29.6 Å². The Labute approximate surface area is 246 Å². The van der Waals surface area contributed by atoms with Gasteiger partial charge in [-0.3, -0.25) is 9.09 Å². The molecule has 0 amide bonds. The van der Waals surface area contributed by atoms with Crippen molar-refractivity contribution in [1.29, 1.82) is 0 Å². The molecule has 0 aliphatic carbocycles. The van der Waals surface area contributed by atoms with E-state index in [2.05, 4.69) is 16.9 Å². The Balaban J connectivity index is 0.000000692. The maximum atomic E-state index is 12.1. The number of hydrogen-bond acceptors (Lipinski definition) is 6. The maximum Gasteiger partial charge on any atom is 1.00 e. The van der Waals surface area contributed by atoms with Gasteiger partial charge in [-0.15, -0.1) is 0 Å². The first kappa shape index (κ1) is 35.3. The first-order valence-corrected chi connectivity index (χ1v) is 13.2. The molecule has 3 aromatic rings. The smallest absolute Gasteiger partial charge is 0.469 e. The Kier molecular flexibility index (Phi) is 18.9. The van der Waals surface area contributed by atoms with E-state index in [-0.39, 0.29) is 47.0 Å². The number of rotatable bonds is 12. The molecule has 0 saturated heterocycles. The summed E-state index contributed by atoms with van der Waals surface area (Å²) in [7, 11) is -3.69. The second kappa shape index (κ2) is 20.3. The van der Waals surface area contributed by atoms with Gasteiger partial charge in [-0.25, -0.2) is 0 Å². The van der Waals surface area contributed by atoms with Crippen LogP contribution in [0.5, 0.6) is 0 Å². The van der Waals surface area contributed by atoms with Crippen molar-refractivity contribution in [1.82, 2.24) is 0 Å². The SMILES string of the molecule is CC[C@H](CN=[N+]=[N-])Cc1ccco1.CC[C@H](COS(=O)(=O)c1ccc(C)cc1)Cc1ccco1.[N-]=[N+]=[N-].[Na+]. The summed E-state index contributed by atoms with van der Waals surface area (Å²) in [5.41, 5.74) is 22.7. The quantitative estimate of drug-likeness (QED) is 0.105. The van der Waals surface area contributed by atoms with E-state index in [0.29, 0.717) is 18.9 Å². The van der Waals surface area contributed by atoms with Crippen molar-refractivity contribution in [2.45, 2.75) is 51.3 Å². The maximum absolute atomic E-state index is 12.1. The van der Waals surface area contributed by atoms with Crippen LogP contribution in [0.2, 0.25) is 0 Å². The zero-order valence-electron chi connectivity index (χ0n) is 22.3. The zero-order valence-corrected chi connectivity index (χ0v) is 25.1. The Morgan fingerprint density at radius 3 is 1.82 bits per heavy atom. The molecule has 0 fully saturated rings. The summed E-state index contributed by atoms with van der Waals surface area (Å²) >= 11 is 0. The second-order valence-electron chi connectivity index (χ2n) is 8.17. The van der Waals surface area contributed by atoms with Crippen LogP contribution in [0.1, 0.15) is 43.8 Å². The van der Waals surface area contributed by atoms with Gasteiger partial charge in [0.15, 0.2) is 0 Å². The van der Waals surface area contributed by atoms with Gasteiger partial charge < -0.3 is 19.9 Å². The third-order valence-electron chi connectivity index (χ3n) is 5.47. The first-order valence-electron chi connectivity index (χ1n) is 11.8. The van der Waals surface area contributed by atoms with Crippen LogP contribution < -0.4 is 29.6 Å². The molecular formula is C25H33N6NaO5S. The van der Waals surface area contributed by atoms with E-state index in [1.165, 1.54) is 4.91 Å². The molecular weight excluding hydrogens is 519 g/mol. The normalized spacial score (nSPS) is 11.7. The monoisotopic (exact) mass is 552 g/mol. The minimum Gasteiger partial charge on any atom is -0.469 e. The summed E-state index contributed by atoms with van der Waals surface area (Å²) in [6.45, 7) is 6.71. The summed E-state index contributed by atoms with van der Waals surface area (Å²) in [6.07, 6.45) is 6.63. The predicted octanol–water partition coefficient (Wildman–Crippen LogP) is 4.59. The largest absolute Gasteiger partial charge is 1.00 e. The molecule has 1 aromatic carbocycles. The zero-order chi connectivity index (χ0) is 27.5. The van der Waals surface area contributed by atoms with Gasteiger partial charge in [0.25, 0.3) is 10.1 Å². The Bertz CT molecular complexity index is 1190. The number of hydrogen-bond donors (Lipinski definition) is 0. The van der Waals surface area contributed by atoms with E-state index in [0.717, 1.165) is 36.3 Å². The van der Waals surface area contributed by atoms with Gasteiger partial charge in [-0.05, 0) is 60.7 Å². The summed E-state index contributed by atoms with van der Waals surface area (Å²) in [5.74, 6) is 2.30. The summed E-state index contributed by atoms with van der Waals surface area (Å²) in [5, 5.41) is 3.56. The van der Waals surface area contributed by atoms with E-state index < -0.39 is 10.1 Å². The van der Waals surface area contributed by atoms with Crippen molar-refractivity contribution in [3.8, 4) is 0 Å². The molecule has 11 nitrogen and oxygen atoms in total. The third-order valence-corrected chi connectivity index (χ3v) is 6.76. The third kappa shape index (κ3) is 14.3. The van der Waals surface area contributed by atoms with Crippen LogP contribution in [0.3, 0.4) is 0 Å². The first-order chi connectivity index (χ1) is 17.8. The topological polar surface area (TPSA) is 177 Å². The Hall–Kier alpha value is -2.69. The number of nitrogens with zero attached hydrogens (tertiary/aromatic N) is 6. The van der Waals surface area contributed by atoms with Crippen molar-refractivity contribution >= 4 is 10.1 Å². The van der Waals surface area contributed by atoms with Crippen LogP contribution >= 0.6 is 0 Å². The minimum atomic E-state index is -3.69. The molecule has 0 radical (unpaired) electrons. The molecule has 0 aliphatic heterocycles. The molecule has 0 unspecified atom stereocenters. The van der Waals surface area contributed by atoms with Crippen LogP contribution in [-0.2, 0) is 27.1 Å². The molecule has 38 heavy (non-hydrogen) atoms. The predicted molar refractivity (Wildman–Crippen MR) is 141 cm³/mol. The van der Waals surface area contributed by atoms with Gasteiger partial charge in [0.1, 0.15) is 11.5 Å².